The van der Waals surface area contributed by atoms with Crippen LogP contribution in [0.5, 0.6) is 0 Å². The van der Waals surface area contributed by atoms with E-state index in [0.717, 1.165) is 4.90 Å². The van der Waals surface area contributed by atoms with Gasteiger partial charge in [-0.25, -0.2) is 14.1 Å². The molecule has 0 radical (unpaired) electrons. The van der Waals surface area contributed by atoms with Crippen LogP contribution in [-0.2, 0) is 9.59 Å². The van der Waals surface area contributed by atoms with E-state index in [1.807, 2.05) is 0 Å². The van der Waals surface area contributed by atoms with Gasteiger partial charge in [0.15, 0.2) is 0 Å². The molecule has 7 heteroatoms. The fourth-order valence-electron chi connectivity index (χ4n) is 2.57. The molecule has 1 aliphatic heterocycles. The van der Waals surface area contributed by atoms with Crippen LogP contribution in [0.15, 0.2) is 48.5 Å². The standard InChI is InChI=1S/C17H13FN2O4/c18-11-4-2-5-12(8-11)19-14-9-15(21)20(16(14)22)13-6-1-3-10(7-13)17(23)24/h1-8,14,19H,9H2,(H,23,24)/t14-/m0/s1. The van der Waals surface area contributed by atoms with Gasteiger partial charge in [0.2, 0.25) is 5.91 Å². The van der Waals surface area contributed by atoms with Crippen LogP contribution in [0.2, 0.25) is 0 Å². The number of imide groups is 1. The number of nitrogens with zero attached hydrogens (tertiary/aromatic N) is 1. The van der Waals surface area contributed by atoms with Crippen molar-refractivity contribution in [1.82, 2.24) is 0 Å². The van der Waals surface area contributed by atoms with Crippen LogP contribution >= 0.6 is 0 Å². The van der Waals surface area contributed by atoms with Gasteiger partial charge in [-0.1, -0.05) is 12.1 Å². The summed E-state index contributed by atoms with van der Waals surface area (Å²) in [4.78, 5) is 36.6. The Bertz CT molecular complexity index is 837. The number of aromatic carboxylic acids is 1. The molecule has 2 N–H and O–H groups in total. The summed E-state index contributed by atoms with van der Waals surface area (Å²) in [5.74, 6) is -2.56. The van der Waals surface area contributed by atoms with Crippen molar-refractivity contribution in [3.8, 4) is 0 Å². The fraction of sp³-hybridized carbons (Fsp3) is 0.118. The molecule has 0 unspecified atom stereocenters. The van der Waals surface area contributed by atoms with Gasteiger partial charge in [-0.2, -0.15) is 0 Å². The predicted octanol–water partition coefficient (Wildman–Crippen LogP) is 2.27. The number of benzene rings is 2. The Hall–Kier alpha value is -3.22. The zero-order chi connectivity index (χ0) is 17.3. The van der Waals surface area contributed by atoms with Crippen LogP contribution in [0, 0.1) is 5.82 Å². The molecule has 6 nitrogen and oxygen atoms in total. The molecule has 0 bridgehead atoms. The molecule has 1 saturated heterocycles. The number of anilines is 2. The van der Waals surface area contributed by atoms with Crippen LogP contribution in [0.1, 0.15) is 16.8 Å². The molecule has 122 valence electrons. The molecular weight excluding hydrogens is 315 g/mol. The van der Waals surface area contributed by atoms with Gasteiger partial charge in [-0.15, -0.1) is 0 Å². The molecule has 0 aromatic heterocycles. The van der Waals surface area contributed by atoms with Crippen molar-refractivity contribution < 1.29 is 23.9 Å². The highest BCUT2D eigenvalue weighted by atomic mass is 19.1. The van der Waals surface area contributed by atoms with Crippen LogP contribution in [0.4, 0.5) is 15.8 Å². The molecule has 1 atom stereocenters. The number of rotatable bonds is 4. The van der Waals surface area contributed by atoms with Gasteiger partial charge in [0.1, 0.15) is 11.9 Å². The third-order valence-electron chi connectivity index (χ3n) is 3.66. The highest BCUT2D eigenvalue weighted by molar-refractivity contribution is 6.23. The van der Waals surface area contributed by atoms with E-state index in [1.54, 1.807) is 6.07 Å². The minimum atomic E-state index is -1.15. The van der Waals surface area contributed by atoms with Gasteiger partial charge in [0.25, 0.3) is 5.91 Å². The van der Waals surface area contributed by atoms with Crippen molar-refractivity contribution in [1.29, 1.82) is 0 Å². The highest BCUT2D eigenvalue weighted by Crippen LogP contribution is 2.26. The van der Waals surface area contributed by atoms with E-state index < -0.39 is 29.6 Å². The summed E-state index contributed by atoms with van der Waals surface area (Å²) in [5, 5.41) is 11.9. The summed E-state index contributed by atoms with van der Waals surface area (Å²) < 4.78 is 13.2. The SMILES string of the molecule is O=C(O)c1cccc(N2C(=O)C[C@H](Nc3cccc(F)c3)C2=O)c1. The second kappa shape index (κ2) is 6.11. The highest BCUT2D eigenvalue weighted by Gasteiger charge is 2.39. The first kappa shape index (κ1) is 15.7. The predicted molar refractivity (Wildman–Crippen MR) is 84.3 cm³/mol. The van der Waals surface area contributed by atoms with Gasteiger partial charge in [0.05, 0.1) is 17.7 Å². The molecule has 1 fully saturated rings. The first-order chi connectivity index (χ1) is 11.5. The average Bonchev–Trinajstić information content (AvgIpc) is 2.81. The van der Waals surface area contributed by atoms with Crippen LogP contribution < -0.4 is 10.2 Å². The number of hydrogen-bond acceptors (Lipinski definition) is 4. The zero-order valence-corrected chi connectivity index (χ0v) is 12.4. The van der Waals surface area contributed by atoms with E-state index in [4.69, 9.17) is 5.11 Å². The van der Waals surface area contributed by atoms with Crippen LogP contribution in [0.3, 0.4) is 0 Å². The molecule has 24 heavy (non-hydrogen) atoms. The van der Waals surface area contributed by atoms with Crippen LogP contribution in [-0.4, -0.2) is 28.9 Å². The summed E-state index contributed by atoms with van der Waals surface area (Å²) in [6.07, 6.45) is -0.0906. The summed E-state index contributed by atoms with van der Waals surface area (Å²) in [6, 6.07) is 10.4. The van der Waals surface area contributed by atoms with E-state index >= 15 is 0 Å². The average molecular weight is 328 g/mol. The van der Waals surface area contributed by atoms with E-state index in [-0.39, 0.29) is 17.7 Å². The quantitative estimate of drug-likeness (QED) is 0.841. The number of hydrogen-bond donors (Lipinski definition) is 2. The number of halogens is 1. The Morgan fingerprint density at radius 2 is 1.92 bits per heavy atom. The molecule has 0 spiro atoms. The van der Waals surface area contributed by atoms with Gasteiger partial charge < -0.3 is 10.4 Å². The van der Waals surface area contributed by atoms with Crippen molar-refractivity contribution in [2.45, 2.75) is 12.5 Å². The van der Waals surface area contributed by atoms with E-state index in [1.165, 1.54) is 42.5 Å². The molecule has 2 aromatic carbocycles. The first-order valence-electron chi connectivity index (χ1n) is 7.18. The monoisotopic (exact) mass is 328 g/mol. The summed E-state index contributed by atoms with van der Waals surface area (Å²) in [5.41, 5.74) is 0.574. The topological polar surface area (TPSA) is 86.7 Å². The molecule has 1 aliphatic rings. The molecule has 3 rings (SSSR count). The van der Waals surface area contributed by atoms with Crippen molar-refractivity contribution in [3.63, 3.8) is 0 Å². The first-order valence-corrected chi connectivity index (χ1v) is 7.18. The van der Waals surface area contributed by atoms with E-state index in [2.05, 4.69) is 5.32 Å². The smallest absolute Gasteiger partial charge is 0.335 e. The van der Waals surface area contributed by atoms with Crippen molar-refractivity contribution >= 4 is 29.2 Å². The Labute approximate surface area is 136 Å². The minimum Gasteiger partial charge on any atom is -0.478 e. The maximum absolute atomic E-state index is 13.2. The Morgan fingerprint density at radius 1 is 1.17 bits per heavy atom. The number of carboxylic acids is 1. The summed E-state index contributed by atoms with van der Waals surface area (Å²) >= 11 is 0. The largest absolute Gasteiger partial charge is 0.478 e. The van der Waals surface area contributed by atoms with Gasteiger partial charge in [-0.3, -0.25) is 9.59 Å². The number of amides is 2. The molecule has 0 saturated carbocycles. The fourth-order valence-corrected chi connectivity index (χ4v) is 2.57. The molecular formula is C17H13FN2O4. The van der Waals surface area contributed by atoms with Gasteiger partial charge in [-0.05, 0) is 36.4 Å². The van der Waals surface area contributed by atoms with Crippen molar-refractivity contribution in [2.75, 3.05) is 10.2 Å². The third kappa shape index (κ3) is 2.96. The number of carboxylic acid groups (broad SMARTS) is 1. The lowest BCUT2D eigenvalue weighted by Gasteiger charge is -2.16. The van der Waals surface area contributed by atoms with Crippen molar-refractivity contribution in [3.05, 3.63) is 59.9 Å². The van der Waals surface area contributed by atoms with Crippen LogP contribution in [0.25, 0.3) is 0 Å². The van der Waals surface area contributed by atoms with E-state index in [0.29, 0.717) is 5.69 Å². The second-order valence-corrected chi connectivity index (χ2v) is 5.33. The maximum Gasteiger partial charge on any atom is 0.335 e. The van der Waals surface area contributed by atoms with Crippen molar-refractivity contribution in [2.24, 2.45) is 0 Å². The number of nitrogens with one attached hydrogen (secondary N) is 1. The summed E-state index contributed by atoms with van der Waals surface area (Å²) in [7, 11) is 0. The summed E-state index contributed by atoms with van der Waals surface area (Å²) in [6.45, 7) is 0. The Kier molecular flexibility index (Phi) is 3.99. The molecule has 2 amide bonds. The second-order valence-electron chi connectivity index (χ2n) is 5.33. The number of carbonyl (C=O) groups excluding carboxylic acids is 2. The number of carbonyl (C=O) groups is 3. The Balaban J connectivity index is 1.84. The molecule has 2 aromatic rings. The third-order valence-corrected chi connectivity index (χ3v) is 3.66. The van der Waals surface area contributed by atoms with Gasteiger partial charge >= 0.3 is 5.97 Å². The zero-order valence-electron chi connectivity index (χ0n) is 12.4. The molecule has 1 heterocycles. The lowest BCUT2D eigenvalue weighted by Crippen LogP contribution is -2.34. The van der Waals surface area contributed by atoms with Gasteiger partial charge in [0, 0.05) is 5.69 Å². The maximum atomic E-state index is 13.2. The minimum absolute atomic E-state index is 0.0189. The normalized spacial score (nSPS) is 17.2. The molecule has 0 aliphatic carbocycles. The lowest BCUT2D eigenvalue weighted by molar-refractivity contribution is -0.121. The van der Waals surface area contributed by atoms with E-state index in [9.17, 15) is 18.8 Å². The Morgan fingerprint density at radius 3 is 2.62 bits per heavy atom. The lowest BCUT2D eigenvalue weighted by atomic mass is 10.2.